The first kappa shape index (κ1) is 16.5. The normalized spacial score (nSPS) is 10.2. The van der Waals surface area contributed by atoms with E-state index >= 15 is 0 Å². The fraction of sp³-hybridized carbons (Fsp3) is 0.235. The molecule has 0 aliphatic rings. The van der Waals surface area contributed by atoms with Crippen LogP contribution in [0.25, 0.3) is 0 Å². The lowest BCUT2D eigenvalue weighted by molar-refractivity contribution is 0.0525. The minimum absolute atomic E-state index is 0.137. The molecular formula is C17H18N2O4. The van der Waals surface area contributed by atoms with Crippen molar-refractivity contribution in [2.45, 2.75) is 20.8 Å². The van der Waals surface area contributed by atoms with Gasteiger partial charge in [-0.1, -0.05) is 18.2 Å². The molecule has 0 radical (unpaired) electrons. The van der Waals surface area contributed by atoms with Crippen LogP contribution in [0.3, 0.4) is 0 Å². The van der Waals surface area contributed by atoms with Crippen molar-refractivity contribution in [1.82, 2.24) is 4.98 Å². The molecule has 0 saturated carbocycles. The number of hydrogen-bond acceptors (Lipinski definition) is 4. The summed E-state index contributed by atoms with van der Waals surface area (Å²) in [5, 5.41) is 2.67. The largest absolute Gasteiger partial charge is 0.462 e. The third-order valence-corrected chi connectivity index (χ3v) is 3.37. The molecule has 0 aliphatic heterocycles. The second-order valence-corrected chi connectivity index (χ2v) is 5.04. The van der Waals surface area contributed by atoms with Crippen LogP contribution >= 0.6 is 0 Å². The van der Waals surface area contributed by atoms with E-state index in [1.165, 1.54) is 6.07 Å². The Morgan fingerprint density at radius 2 is 1.87 bits per heavy atom. The van der Waals surface area contributed by atoms with Gasteiger partial charge in [0.05, 0.1) is 12.2 Å². The van der Waals surface area contributed by atoms with Gasteiger partial charge in [0.1, 0.15) is 5.56 Å². The molecule has 6 heteroatoms. The molecule has 0 bridgehead atoms. The molecule has 23 heavy (non-hydrogen) atoms. The lowest BCUT2D eigenvalue weighted by Gasteiger charge is -2.10. The predicted octanol–water partition coefficient (Wildman–Crippen LogP) is 2.42. The van der Waals surface area contributed by atoms with Crippen LogP contribution in [0.5, 0.6) is 0 Å². The number of hydrogen-bond donors (Lipinski definition) is 2. The van der Waals surface area contributed by atoms with E-state index in [4.69, 9.17) is 4.74 Å². The van der Waals surface area contributed by atoms with Gasteiger partial charge in [-0.2, -0.15) is 0 Å². The number of esters is 1. The summed E-state index contributed by atoms with van der Waals surface area (Å²) in [6, 6.07) is 8.48. The molecule has 0 saturated heterocycles. The smallest absolute Gasteiger partial charge is 0.339 e. The number of rotatable bonds is 4. The molecule has 0 fully saturated rings. The molecule has 1 aromatic carbocycles. The highest BCUT2D eigenvalue weighted by molar-refractivity contribution is 6.05. The average molecular weight is 314 g/mol. The van der Waals surface area contributed by atoms with E-state index in [2.05, 4.69) is 10.3 Å². The zero-order valence-corrected chi connectivity index (χ0v) is 13.2. The molecule has 0 unspecified atom stereocenters. The average Bonchev–Trinajstić information content (AvgIpc) is 2.49. The van der Waals surface area contributed by atoms with Gasteiger partial charge in [0, 0.05) is 11.4 Å². The van der Waals surface area contributed by atoms with Crippen LogP contribution in [0.2, 0.25) is 0 Å². The summed E-state index contributed by atoms with van der Waals surface area (Å²) in [5.74, 6) is -1.16. The van der Waals surface area contributed by atoms with Crippen LogP contribution in [-0.4, -0.2) is 23.5 Å². The number of amides is 1. The highest BCUT2D eigenvalue weighted by Gasteiger charge is 2.18. The molecule has 0 atom stereocenters. The highest BCUT2D eigenvalue weighted by atomic mass is 16.5. The number of anilines is 1. The van der Waals surface area contributed by atoms with Gasteiger partial charge in [0.25, 0.3) is 11.5 Å². The van der Waals surface area contributed by atoms with Gasteiger partial charge in [0.15, 0.2) is 0 Å². The number of carbonyl (C=O) groups excluding carboxylic acids is 2. The second-order valence-electron chi connectivity index (χ2n) is 5.04. The van der Waals surface area contributed by atoms with E-state index in [-0.39, 0.29) is 17.7 Å². The Kier molecular flexibility index (Phi) is 4.95. The topological polar surface area (TPSA) is 88.3 Å². The Bertz CT molecular complexity index is 808. The first-order valence-electron chi connectivity index (χ1n) is 7.22. The van der Waals surface area contributed by atoms with Crippen LogP contribution in [0.15, 0.2) is 35.1 Å². The Morgan fingerprint density at radius 1 is 1.17 bits per heavy atom. The minimum atomic E-state index is -0.578. The maximum atomic E-state index is 12.3. The SMILES string of the molecule is CCOC(=O)c1cc(C(=O)Nc2ccccc2C)c(=O)[nH]c1C. The maximum Gasteiger partial charge on any atom is 0.339 e. The lowest BCUT2D eigenvalue weighted by atomic mass is 10.1. The molecule has 1 aromatic heterocycles. The van der Waals surface area contributed by atoms with Gasteiger partial charge >= 0.3 is 5.97 Å². The Labute approximate surface area is 133 Å². The van der Waals surface area contributed by atoms with E-state index in [0.717, 1.165) is 5.56 Å². The zero-order valence-electron chi connectivity index (χ0n) is 13.2. The van der Waals surface area contributed by atoms with Crippen molar-refractivity contribution >= 4 is 17.6 Å². The van der Waals surface area contributed by atoms with E-state index in [0.29, 0.717) is 11.4 Å². The first-order valence-corrected chi connectivity index (χ1v) is 7.22. The summed E-state index contributed by atoms with van der Waals surface area (Å²) in [7, 11) is 0. The molecule has 0 spiro atoms. The molecule has 0 aliphatic carbocycles. The maximum absolute atomic E-state index is 12.3. The van der Waals surface area contributed by atoms with Crippen LogP contribution < -0.4 is 10.9 Å². The molecular weight excluding hydrogens is 296 g/mol. The van der Waals surface area contributed by atoms with Crippen molar-refractivity contribution < 1.29 is 14.3 Å². The third-order valence-electron chi connectivity index (χ3n) is 3.37. The molecule has 2 aromatic rings. The van der Waals surface area contributed by atoms with Crippen molar-refractivity contribution in [1.29, 1.82) is 0 Å². The van der Waals surface area contributed by atoms with Gasteiger partial charge in [-0.3, -0.25) is 9.59 Å². The standard InChI is InChI=1S/C17H18N2O4/c1-4-23-17(22)12-9-13(15(20)18-11(12)3)16(21)19-14-8-6-5-7-10(14)2/h5-9H,4H2,1-3H3,(H,18,20)(H,19,21). The number of benzene rings is 1. The number of H-pyrrole nitrogens is 1. The molecule has 6 nitrogen and oxygen atoms in total. The molecule has 1 heterocycles. The molecule has 120 valence electrons. The summed E-state index contributed by atoms with van der Waals surface area (Å²) < 4.78 is 4.93. The van der Waals surface area contributed by atoms with Gasteiger partial charge in [0.2, 0.25) is 0 Å². The number of carbonyl (C=O) groups is 2. The van der Waals surface area contributed by atoms with Crippen molar-refractivity contribution in [2.75, 3.05) is 11.9 Å². The van der Waals surface area contributed by atoms with Gasteiger partial charge < -0.3 is 15.0 Å². The van der Waals surface area contributed by atoms with E-state index in [1.54, 1.807) is 26.0 Å². The van der Waals surface area contributed by atoms with Crippen molar-refractivity contribution in [3.8, 4) is 0 Å². The highest BCUT2D eigenvalue weighted by Crippen LogP contribution is 2.15. The zero-order chi connectivity index (χ0) is 17.0. The van der Waals surface area contributed by atoms with Gasteiger partial charge in [-0.05, 0) is 38.5 Å². The summed E-state index contributed by atoms with van der Waals surface area (Å²) in [4.78, 5) is 38.8. The van der Waals surface area contributed by atoms with Crippen molar-refractivity contribution in [3.63, 3.8) is 0 Å². The van der Waals surface area contributed by atoms with Crippen molar-refractivity contribution in [3.05, 3.63) is 63.1 Å². The Morgan fingerprint density at radius 3 is 2.52 bits per heavy atom. The number of aromatic amines is 1. The number of para-hydroxylation sites is 1. The van der Waals surface area contributed by atoms with Crippen LogP contribution in [0, 0.1) is 13.8 Å². The monoisotopic (exact) mass is 314 g/mol. The first-order chi connectivity index (χ1) is 10.9. The fourth-order valence-corrected chi connectivity index (χ4v) is 2.12. The van der Waals surface area contributed by atoms with Crippen LogP contribution in [0.1, 0.15) is 38.9 Å². The van der Waals surface area contributed by atoms with E-state index in [9.17, 15) is 14.4 Å². The Hall–Kier alpha value is -2.89. The van der Waals surface area contributed by atoms with Crippen LogP contribution in [-0.2, 0) is 4.74 Å². The predicted molar refractivity (Wildman–Crippen MR) is 86.9 cm³/mol. The fourth-order valence-electron chi connectivity index (χ4n) is 2.12. The van der Waals surface area contributed by atoms with E-state index in [1.807, 2.05) is 19.1 Å². The summed E-state index contributed by atoms with van der Waals surface area (Å²) in [6.07, 6.45) is 0. The lowest BCUT2D eigenvalue weighted by Crippen LogP contribution is -2.26. The van der Waals surface area contributed by atoms with Crippen LogP contribution in [0.4, 0.5) is 5.69 Å². The molecule has 1 amide bonds. The summed E-state index contributed by atoms with van der Waals surface area (Å²) in [5.41, 5.74) is 1.32. The molecule has 2 rings (SSSR count). The van der Waals surface area contributed by atoms with Crippen molar-refractivity contribution in [2.24, 2.45) is 0 Å². The quantitative estimate of drug-likeness (QED) is 0.848. The van der Waals surface area contributed by atoms with E-state index < -0.39 is 17.4 Å². The number of ether oxygens (including phenoxy) is 1. The molecule has 2 N–H and O–H groups in total. The number of aromatic nitrogens is 1. The Balaban J connectivity index is 2.37. The van der Waals surface area contributed by atoms with Gasteiger partial charge in [-0.25, -0.2) is 4.79 Å². The van der Waals surface area contributed by atoms with Gasteiger partial charge in [-0.15, -0.1) is 0 Å². The summed E-state index contributed by atoms with van der Waals surface area (Å²) in [6.45, 7) is 5.32. The second kappa shape index (κ2) is 6.91. The number of aryl methyl sites for hydroxylation is 2. The number of nitrogens with one attached hydrogen (secondary N) is 2. The number of pyridine rings is 1. The third kappa shape index (κ3) is 3.66. The minimum Gasteiger partial charge on any atom is -0.462 e. The summed E-state index contributed by atoms with van der Waals surface area (Å²) >= 11 is 0.